The Bertz CT molecular complexity index is 956. The first kappa shape index (κ1) is 22.3. The first-order valence-electron chi connectivity index (χ1n) is 11.4. The number of fused-ring (bicyclic) bond motifs is 1. The van der Waals surface area contributed by atoms with E-state index in [1.54, 1.807) is 23.9 Å². The number of piperidine rings is 1. The molecule has 0 unspecified atom stereocenters. The maximum absolute atomic E-state index is 14.1. The van der Waals surface area contributed by atoms with Gasteiger partial charge in [-0.3, -0.25) is 0 Å². The van der Waals surface area contributed by atoms with Gasteiger partial charge in [-0.2, -0.15) is 0 Å². The van der Waals surface area contributed by atoms with Crippen LogP contribution in [0, 0.1) is 5.82 Å². The number of nitrogens with zero attached hydrogens (tertiary/aromatic N) is 1. The highest BCUT2D eigenvalue weighted by molar-refractivity contribution is 7.98. The van der Waals surface area contributed by atoms with E-state index >= 15 is 0 Å². The molecule has 1 saturated heterocycles. The van der Waals surface area contributed by atoms with E-state index in [1.807, 2.05) is 6.07 Å². The molecule has 1 N–H and O–H groups in total. The molecule has 2 aromatic rings. The number of benzene rings is 2. The molecule has 1 aliphatic carbocycles. The maximum atomic E-state index is 14.1. The van der Waals surface area contributed by atoms with Crippen LogP contribution in [0.4, 0.5) is 4.39 Å². The molecule has 2 aromatic carbocycles. The van der Waals surface area contributed by atoms with Crippen LogP contribution in [0.5, 0.6) is 0 Å². The van der Waals surface area contributed by atoms with Crippen molar-refractivity contribution >= 4 is 29.0 Å². The monoisotopic (exact) mass is 436 g/mol. The number of halogens is 1. The SMILES string of the molecule is CSc1ccc(C=C2C(C)=C(CCNCCN3CCCCC3)c3cc(F)ccc32)cc1. The summed E-state index contributed by atoms with van der Waals surface area (Å²) in [7, 11) is 0. The lowest BCUT2D eigenvalue weighted by Crippen LogP contribution is -2.36. The Morgan fingerprint density at radius 3 is 2.52 bits per heavy atom. The minimum atomic E-state index is -0.160. The van der Waals surface area contributed by atoms with Crippen LogP contribution in [-0.2, 0) is 0 Å². The van der Waals surface area contributed by atoms with Gasteiger partial charge in [-0.15, -0.1) is 11.8 Å². The van der Waals surface area contributed by atoms with Gasteiger partial charge >= 0.3 is 0 Å². The Balaban J connectivity index is 1.46. The number of thioether (sulfide) groups is 1. The minimum absolute atomic E-state index is 0.160. The topological polar surface area (TPSA) is 15.3 Å². The molecule has 0 spiro atoms. The third-order valence-electron chi connectivity index (χ3n) is 6.49. The normalized spacial score (nSPS) is 18.1. The van der Waals surface area contributed by atoms with Gasteiger partial charge in [-0.1, -0.05) is 24.6 Å². The minimum Gasteiger partial charge on any atom is -0.315 e. The second kappa shape index (κ2) is 10.6. The summed E-state index contributed by atoms with van der Waals surface area (Å²) in [4.78, 5) is 3.82. The van der Waals surface area contributed by atoms with Crippen LogP contribution in [0.25, 0.3) is 17.2 Å². The Morgan fingerprint density at radius 2 is 1.77 bits per heavy atom. The standard InChI is InChI=1S/C27H33FN2S/c1-20-24(12-13-29-14-17-30-15-4-3-5-16-30)27-19-22(28)8-11-25(27)26(20)18-21-6-9-23(31-2)10-7-21/h6-11,18-19,29H,3-5,12-17H2,1-2H3. The Labute approximate surface area is 190 Å². The van der Waals surface area contributed by atoms with Crippen molar-refractivity contribution in [3.63, 3.8) is 0 Å². The average molecular weight is 437 g/mol. The fourth-order valence-electron chi connectivity index (χ4n) is 4.70. The van der Waals surface area contributed by atoms with Crippen molar-refractivity contribution < 1.29 is 4.39 Å². The van der Waals surface area contributed by atoms with E-state index < -0.39 is 0 Å². The number of nitrogens with one attached hydrogen (secondary N) is 1. The van der Waals surface area contributed by atoms with Crippen molar-refractivity contribution in [2.24, 2.45) is 0 Å². The van der Waals surface area contributed by atoms with Crippen LogP contribution in [0.1, 0.15) is 49.3 Å². The third kappa shape index (κ3) is 5.49. The van der Waals surface area contributed by atoms with Gasteiger partial charge in [0.15, 0.2) is 0 Å². The van der Waals surface area contributed by atoms with Crippen molar-refractivity contribution in [3.05, 3.63) is 70.5 Å². The smallest absolute Gasteiger partial charge is 0.123 e. The lowest BCUT2D eigenvalue weighted by molar-refractivity contribution is 0.229. The molecular weight excluding hydrogens is 403 g/mol. The summed E-state index contributed by atoms with van der Waals surface area (Å²) in [6.45, 7) is 7.73. The molecule has 0 saturated carbocycles. The van der Waals surface area contributed by atoms with Crippen LogP contribution in [0.3, 0.4) is 0 Å². The Hall–Kier alpha value is -1.88. The van der Waals surface area contributed by atoms with Gasteiger partial charge < -0.3 is 10.2 Å². The van der Waals surface area contributed by atoms with Crippen molar-refractivity contribution in [3.8, 4) is 0 Å². The molecule has 4 rings (SSSR count). The molecule has 1 aliphatic heterocycles. The highest BCUT2D eigenvalue weighted by Crippen LogP contribution is 2.43. The second-order valence-corrected chi connectivity index (χ2v) is 9.41. The Kier molecular flexibility index (Phi) is 7.65. The Morgan fingerprint density at radius 1 is 1.00 bits per heavy atom. The molecule has 0 amide bonds. The van der Waals surface area contributed by atoms with E-state index in [-0.39, 0.29) is 5.82 Å². The van der Waals surface area contributed by atoms with Crippen molar-refractivity contribution in [2.45, 2.75) is 37.5 Å². The molecule has 31 heavy (non-hydrogen) atoms. The number of allylic oxidation sites excluding steroid dienone is 2. The van der Waals surface area contributed by atoms with Crippen LogP contribution in [-0.4, -0.2) is 43.9 Å². The van der Waals surface area contributed by atoms with E-state index in [0.717, 1.165) is 37.2 Å². The molecule has 164 valence electrons. The zero-order valence-electron chi connectivity index (χ0n) is 18.7. The zero-order chi connectivity index (χ0) is 21.6. The van der Waals surface area contributed by atoms with Crippen molar-refractivity contribution in [1.82, 2.24) is 10.2 Å². The number of likely N-dealkylation sites (tertiary alicyclic amines) is 1. The van der Waals surface area contributed by atoms with Crippen molar-refractivity contribution in [2.75, 3.05) is 39.0 Å². The van der Waals surface area contributed by atoms with E-state index in [4.69, 9.17) is 0 Å². The number of hydrogen-bond acceptors (Lipinski definition) is 3. The van der Waals surface area contributed by atoms with Gasteiger partial charge in [-0.05, 0) is 116 Å². The molecule has 0 bridgehead atoms. The molecule has 0 aromatic heterocycles. The summed E-state index contributed by atoms with van der Waals surface area (Å²) in [6.07, 6.45) is 9.31. The molecule has 2 aliphatic rings. The van der Waals surface area contributed by atoms with Crippen LogP contribution in [0.15, 0.2) is 52.9 Å². The summed E-state index contributed by atoms with van der Waals surface area (Å²) < 4.78 is 14.1. The van der Waals surface area contributed by atoms with Gasteiger partial charge in [-0.25, -0.2) is 4.39 Å². The van der Waals surface area contributed by atoms with Gasteiger partial charge in [0, 0.05) is 18.0 Å². The van der Waals surface area contributed by atoms with E-state index in [0.29, 0.717) is 0 Å². The molecule has 4 heteroatoms. The lowest BCUT2D eigenvalue weighted by Gasteiger charge is -2.26. The fourth-order valence-corrected chi connectivity index (χ4v) is 5.11. The second-order valence-electron chi connectivity index (χ2n) is 8.53. The number of hydrogen-bond donors (Lipinski definition) is 1. The first-order chi connectivity index (χ1) is 15.2. The van der Waals surface area contributed by atoms with Crippen LogP contribution < -0.4 is 5.32 Å². The summed E-state index contributed by atoms with van der Waals surface area (Å²) in [6, 6.07) is 13.9. The van der Waals surface area contributed by atoms with Gasteiger partial charge in [0.2, 0.25) is 0 Å². The van der Waals surface area contributed by atoms with Gasteiger partial charge in [0.1, 0.15) is 5.82 Å². The highest BCUT2D eigenvalue weighted by atomic mass is 32.2. The van der Waals surface area contributed by atoms with Crippen LogP contribution in [0.2, 0.25) is 0 Å². The fraction of sp³-hybridized carbons (Fsp3) is 0.407. The van der Waals surface area contributed by atoms with E-state index in [9.17, 15) is 4.39 Å². The average Bonchev–Trinajstić information content (AvgIpc) is 3.05. The molecular formula is C27H33FN2S. The van der Waals surface area contributed by atoms with E-state index in [2.05, 4.69) is 53.7 Å². The van der Waals surface area contributed by atoms with Gasteiger partial charge in [0.25, 0.3) is 0 Å². The highest BCUT2D eigenvalue weighted by Gasteiger charge is 2.23. The molecule has 0 atom stereocenters. The summed E-state index contributed by atoms with van der Waals surface area (Å²) in [5, 5.41) is 3.61. The number of rotatable bonds is 8. The quantitative estimate of drug-likeness (QED) is 0.384. The molecule has 0 radical (unpaired) electrons. The van der Waals surface area contributed by atoms with Crippen molar-refractivity contribution in [1.29, 1.82) is 0 Å². The lowest BCUT2D eigenvalue weighted by atomic mass is 10.0. The predicted molar refractivity (Wildman–Crippen MR) is 133 cm³/mol. The van der Waals surface area contributed by atoms with Crippen LogP contribution >= 0.6 is 11.8 Å². The third-order valence-corrected chi connectivity index (χ3v) is 7.23. The summed E-state index contributed by atoms with van der Waals surface area (Å²) in [5.41, 5.74) is 7.15. The molecule has 1 fully saturated rings. The molecule has 2 nitrogen and oxygen atoms in total. The van der Waals surface area contributed by atoms with Gasteiger partial charge in [0.05, 0.1) is 0 Å². The predicted octanol–water partition coefficient (Wildman–Crippen LogP) is 6.34. The summed E-state index contributed by atoms with van der Waals surface area (Å²) in [5.74, 6) is -0.160. The maximum Gasteiger partial charge on any atom is 0.123 e. The summed E-state index contributed by atoms with van der Waals surface area (Å²) >= 11 is 1.75. The molecule has 1 heterocycles. The largest absolute Gasteiger partial charge is 0.315 e. The first-order valence-corrected chi connectivity index (χ1v) is 12.7. The van der Waals surface area contributed by atoms with E-state index in [1.165, 1.54) is 59.5 Å². The zero-order valence-corrected chi connectivity index (χ0v) is 19.5.